The fourth-order valence-electron chi connectivity index (χ4n) is 4.74. The van der Waals surface area contributed by atoms with E-state index in [9.17, 15) is 9.59 Å². The third kappa shape index (κ3) is 4.58. The summed E-state index contributed by atoms with van der Waals surface area (Å²) in [7, 11) is 1.72. The molecule has 1 aliphatic heterocycles. The molecule has 160 valence electrons. The lowest BCUT2D eigenvalue weighted by atomic mass is 9.72. The zero-order valence-electron chi connectivity index (χ0n) is 18.5. The molecule has 0 bridgehead atoms. The summed E-state index contributed by atoms with van der Waals surface area (Å²) in [6, 6.07) is 18.7. The molecule has 0 saturated carbocycles. The van der Waals surface area contributed by atoms with Gasteiger partial charge in [-0.3, -0.25) is 9.59 Å². The van der Waals surface area contributed by atoms with Crippen LogP contribution in [0.1, 0.15) is 45.1 Å². The lowest BCUT2D eigenvalue weighted by Crippen LogP contribution is -2.51. The average Bonchev–Trinajstić information content (AvgIpc) is 2.80. The summed E-state index contributed by atoms with van der Waals surface area (Å²) >= 11 is 0. The zero-order valence-corrected chi connectivity index (χ0v) is 18.5. The van der Waals surface area contributed by atoms with Crippen molar-refractivity contribution in [2.75, 3.05) is 20.1 Å². The molecule has 0 atom stereocenters. The first-order chi connectivity index (χ1) is 14.5. The predicted molar refractivity (Wildman–Crippen MR) is 122 cm³/mol. The third-order valence-electron chi connectivity index (χ3n) is 6.71. The molecular weight excluding hydrogens is 372 g/mol. The molecular formula is C26H34N2O2. The molecule has 0 unspecified atom stereocenters. The Morgan fingerprint density at radius 3 is 2.17 bits per heavy atom. The van der Waals surface area contributed by atoms with Crippen molar-refractivity contribution in [2.45, 2.75) is 46.0 Å². The van der Waals surface area contributed by atoms with Gasteiger partial charge < -0.3 is 10.2 Å². The van der Waals surface area contributed by atoms with Gasteiger partial charge in [-0.1, -0.05) is 68.4 Å². The number of amides is 2. The second-order valence-corrected chi connectivity index (χ2v) is 8.40. The largest absolute Gasteiger partial charge is 0.359 e. The van der Waals surface area contributed by atoms with Gasteiger partial charge in [0.1, 0.15) is 0 Å². The van der Waals surface area contributed by atoms with Gasteiger partial charge in [-0.25, -0.2) is 0 Å². The van der Waals surface area contributed by atoms with E-state index in [1.807, 2.05) is 29.2 Å². The number of piperidine rings is 1. The number of hydrogen-bond donors (Lipinski definition) is 1. The molecule has 1 N–H and O–H groups in total. The summed E-state index contributed by atoms with van der Waals surface area (Å²) in [6.07, 6.45) is 3.82. The normalized spacial score (nSPS) is 15.8. The van der Waals surface area contributed by atoms with Gasteiger partial charge in [-0.15, -0.1) is 0 Å². The molecule has 1 aliphatic rings. The molecule has 1 heterocycles. The smallest absolute Gasteiger partial charge is 0.226 e. The lowest BCUT2D eigenvalue weighted by Gasteiger charge is -2.41. The highest BCUT2D eigenvalue weighted by Gasteiger charge is 2.42. The van der Waals surface area contributed by atoms with Crippen LogP contribution in [0.25, 0.3) is 11.1 Å². The number of carbonyl (C=O) groups excluding carboxylic acids is 2. The molecule has 0 aliphatic carbocycles. The van der Waals surface area contributed by atoms with Gasteiger partial charge in [0.25, 0.3) is 0 Å². The van der Waals surface area contributed by atoms with Crippen LogP contribution in [-0.4, -0.2) is 36.9 Å². The van der Waals surface area contributed by atoms with Crippen LogP contribution in [0.4, 0.5) is 0 Å². The molecule has 4 heteroatoms. The first kappa shape index (κ1) is 22.1. The summed E-state index contributed by atoms with van der Waals surface area (Å²) in [5.74, 6) is 0.423. The van der Waals surface area contributed by atoms with Gasteiger partial charge in [-0.05, 0) is 48.8 Å². The van der Waals surface area contributed by atoms with E-state index in [0.717, 1.165) is 12.8 Å². The molecule has 30 heavy (non-hydrogen) atoms. The first-order valence-electron chi connectivity index (χ1n) is 11.2. The fourth-order valence-corrected chi connectivity index (χ4v) is 4.74. The molecule has 2 aromatic carbocycles. The van der Waals surface area contributed by atoms with Crippen LogP contribution in [-0.2, 0) is 16.0 Å². The Hall–Kier alpha value is -2.62. The van der Waals surface area contributed by atoms with Crippen LogP contribution < -0.4 is 5.32 Å². The van der Waals surface area contributed by atoms with Crippen molar-refractivity contribution in [1.82, 2.24) is 10.2 Å². The van der Waals surface area contributed by atoms with Crippen molar-refractivity contribution >= 4 is 11.8 Å². The van der Waals surface area contributed by atoms with Crippen molar-refractivity contribution in [1.29, 1.82) is 0 Å². The van der Waals surface area contributed by atoms with E-state index in [0.29, 0.717) is 32.4 Å². The third-order valence-corrected chi connectivity index (χ3v) is 6.71. The van der Waals surface area contributed by atoms with Gasteiger partial charge in [0.2, 0.25) is 11.8 Å². The van der Waals surface area contributed by atoms with Crippen molar-refractivity contribution in [3.8, 4) is 11.1 Å². The van der Waals surface area contributed by atoms with Gasteiger partial charge in [0.05, 0.1) is 5.41 Å². The number of hydrogen-bond acceptors (Lipinski definition) is 2. The van der Waals surface area contributed by atoms with Gasteiger partial charge >= 0.3 is 0 Å². The first-order valence-corrected chi connectivity index (χ1v) is 11.2. The standard InChI is InChI=1S/C26H34N2O2/c1-4-20(5-2)24(29)28-17-15-26(16-18-28,25(30)27-3)19-22-13-9-10-14-23(22)21-11-7-6-8-12-21/h6-14,20H,4-5,15-19H2,1-3H3,(H,27,30). The lowest BCUT2D eigenvalue weighted by molar-refractivity contribution is -0.143. The summed E-state index contributed by atoms with van der Waals surface area (Å²) < 4.78 is 0. The molecule has 2 amide bonds. The number of nitrogens with one attached hydrogen (secondary N) is 1. The Balaban J connectivity index is 1.84. The van der Waals surface area contributed by atoms with E-state index in [2.05, 4.69) is 49.5 Å². The number of nitrogens with zero attached hydrogens (tertiary/aromatic N) is 1. The van der Waals surface area contributed by atoms with E-state index < -0.39 is 5.41 Å². The van der Waals surface area contributed by atoms with Crippen LogP contribution in [0.2, 0.25) is 0 Å². The molecule has 0 spiro atoms. The van der Waals surface area contributed by atoms with Gasteiger partial charge in [-0.2, -0.15) is 0 Å². The molecule has 0 radical (unpaired) electrons. The second-order valence-electron chi connectivity index (χ2n) is 8.40. The topological polar surface area (TPSA) is 49.4 Å². The highest BCUT2D eigenvalue weighted by molar-refractivity contribution is 5.84. The van der Waals surface area contributed by atoms with Crippen molar-refractivity contribution < 1.29 is 9.59 Å². The van der Waals surface area contributed by atoms with Crippen molar-refractivity contribution in [3.05, 3.63) is 60.2 Å². The summed E-state index contributed by atoms with van der Waals surface area (Å²) in [4.78, 5) is 27.9. The van der Waals surface area contributed by atoms with Crippen LogP contribution in [0.15, 0.2) is 54.6 Å². The molecule has 4 nitrogen and oxygen atoms in total. The minimum Gasteiger partial charge on any atom is -0.359 e. The molecule has 0 aromatic heterocycles. The van der Waals surface area contributed by atoms with E-state index in [-0.39, 0.29) is 17.7 Å². The highest BCUT2D eigenvalue weighted by Crippen LogP contribution is 2.38. The van der Waals surface area contributed by atoms with Crippen LogP contribution in [0.3, 0.4) is 0 Å². The van der Waals surface area contributed by atoms with Gasteiger partial charge in [0.15, 0.2) is 0 Å². The summed E-state index contributed by atoms with van der Waals surface area (Å²) in [6.45, 7) is 5.45. The Bertz CT molecular complexity index is 850. The Morgan fingerprint density at radius 1 is 0.967 bits per heavy atom. The maximum Gasteiger partial charge on any atom is 0.226 e. The van der Waals surface area contributed by atoms with Crippen molar-refractivity contribution in [2.24, 2.45) is 11.3 Å². The number of rotatable bonds is 7. The number of likely N-dealkylation sites (tertiary alicyclic amines) is 1. The van der Waals surface area contributed by atoms with Crippen molar-refractivity contribution in [3.63, 3.8) is 0 Å². The molecule has 1 saturated heterocycles. The van der Waals surface area contributed by atoms with Crippen LogP contribution in [0, 0.1) is 11.3 Å². The van der Waals surface area contributed by atoms with Crippen LogP contribution >= 0.6 is 0 Å². The Kier molecular flexibility index (Phi) is 7.30. The van der Waals surface area contributed by atoms with E-state index >= 15 is 0 Å². The number of benzene rings is 2. The van der Waals surface area contributed by atoms with E-state index in [1.54, 1.807) is 7.05 Å². The second kappa shape index (κ2) is 9.92. The quantitative estimate of drug-likeness (QED) is 0.725. The van der Waals surface area contributed by atoms with Crippen LogP contribution in [0.5, 0.6) is 0 Å². The minimum atomic E-state index is -0.482. The summed E-state index contributed by atoms with van der Waals surface area (Å²) in [5, 5.41) is 2.90. The van der Waals surface area contributed by atoms with E-state index in [1.165, 1.54) is 16.7 Å². The maximum absolute atomic E-state index is 13.0. The monoisotopic (exact) mass is 406 g/mol. The van der Waals surface area contributed by atoms with E-state index in [4.69, 9.17) is 0 Å². The van der Waals surface area contributed by atoms with Gasteiger partial charge in [0, 0.05) is 26.1 Å². The fraction of sp³-hybridized carbons (Fsp3) is 0.462. The highest BCUT2D eigenvalue weighted by atomic mass is 16.2. The zero-order chi connectivity index (χ0) is 21.6. The SMILES string of the molecule is CCC(CC)C(=O)N1CCC(Cc2ccccc2-c2ccccc2)(C(=O)NC)CC1. The molecule has 2 aromatic rings. The number of carbonyl (C=O) groups is 2. The Labute approximate surface area is 180 Å². The Morgan fingerprint density at radius 2 is 1.57 bits per heavy atom. The predicted octanol–water partition coefficient (Wildman–Crippen LogP) is 4.69. The molecule has 3 rings (SSSR count). The molecule has 1 fully saturated rings. The summed E-state index contributed by atoms with van der Waals surface area (Å²) in [5.41, 5.74) is 3.05. The minimum absolute atomic E-state index is 0.0833. The average molecular weight is 407 g/mol. The maximum atomic E-state index is 13.0.